The molecule has 0 amide bonds. The van der Waals surface area contributed by atoms with Crippen LogP contribution in [0.1, 0.15) is 191 Å². The molecule has 0 spiro atoms. The van der Waals surface area contributed by atoms with E-state index in [0.717, 1.165) is 12.8 Å². The third kappa shape index (κ3) is 16.2. The van der Waals surface area contributed by atoms with Crippen LogP contribution >= 0.6 is 0 Å². The van der Waals surface area contributed by atoms with Crippen LogP contribution in [0.15, 0.2) is 109 Å². The first-order valence-corrected chi connectivity index (χ1v) is 25.1. The van der Waals surface area contributed by atoms with E-state index in [2.05, 4.69) is 137 Å². The second-order valence-electron chi connectivity index (χ2n) is 18.2. The molecule has 0 aromatic heterocycles. The Morgan fingerprint density at radius 3 is 0.900 bits per heavy atom. The van der Waals surface area contributed by atoms with Gasteiger partial charge >= 0.3 is 0 Å². The fourth-order valence-electron chi connectivity index (χ4n) is 9.12. The molecule has 0 radical (unpaired) electrons. The summed E-state index contributed by atoms with van der Waals surface area (Å²) in [7, 11) is 0. The molecule has 0 aliphatic heterocycles. The van der Waals surface area contributed by atoms with Gasteiger partial charge in [-0.05, 0) is 107 Å². The molecule has 0 N–H and O–H groups in total. The van der Waals surface area contributed by atoms with Crippen molar-refractivity contribution in [1.82, 2.24) is 0 Å². The Kier molecular flexibility index (Phi) is 21.9. The minimum atomic E-state index is 1.14. The summed E-state index contributed by atoms with van der Waals surface area (Å²) >= 11 is 0. The summed E-state index contributed by atoms with van der Waals surface area (Å²) in [6.45, 7) is 9.08. The highest BCUT2D eigenvalue weighted by molar-refractivity contribution is 5.79. The predicted octanol–water partition coefficient (Wildman–Crippen LogP) is 19.3. The molecule has 0 atom stereocenters. The summed E-state index contributed by atoms with van der Waals surface area (Å²) < 4.78 is 0. The van der Waals surface area contributed by atoms with Crippen molar-refractivity contribution in [3.05, 3.63) is 131 Å². The van der Waals surface area contributed by atoms with Gasteiger partial charge in [-0.25, -0.2) is 0 Å². The average Bonchev–Trinajstić information content (AvgIpc) is 3.28. The molecule has 322 valence electrons. The first kappa shape index (κ1) is 47.2. The van der Waals surface area contributed by atoms with Crippen molar-refractivity contribution in [2.75, 3.05) is 0 Å². The lowest BCUT2D eigenvalue weighted by atomic mass is 9.86. The van der Waals surface area contributed by atoms with Gasteiger partial charge in [0.25, 0.3) is 0 Å². The Hall–Kier alpha value is -3.90. The van der Waals surface area contributed by atoms with Gasteiger partial charge in [0.2, 0.25) is 0 Å². The second kappa shape index (κ2) is 27.8. The summed E-state index contributed by atoms with van der Waals surface area (Å²) in [5.74, 6) is 0. The van der Waals surface area contributed by atoms with Crippen LogP contribution in [0.25, 0.3) is 44.5 Å². The van der Waals surface area contributed by atoms with E-state index in [4.69, 9.17) is 0 Å². The zero-order chi connectivity index (χ0) is 42.0. The van der Waals surface area contributed by atoms with Crippen molar-refractivity contribution in [2.24, 2.45) is 0 Å². The van der Waals surface area contributed by atoms with E-state index >= 15 is 0 Å². The molecule has 60 heavy (non-hydrogen) atoms. The number of hydrogen-bond donors (Lipinski definition) is 0. The number of rotatable bonds is 30. The molecule has 0 unspecified atom stereocenters. The van der Waals surface area contributed by atoms with E-state index in [1.807, 2.05) is 0 Å². The maximum Gasteiger partial charge on any atom is -0.0149 e. The van der Waals surface area contributed by atoms with E-state index in [1.54, 1.807) is 0 Å². The molecule has 0 nitrogen and oxygen atoms in total. The number of unbranched alkanes of at least 4 members (excludes halogenated alkanes) is 20. The number of aryl methyl sites for hydroxylation is 4. The van der Waals surface area contributed by atoms with Crippen LogP contribution in [0.2, 0.25) is 0 Å². The van der Waals surface area contributed by atoms with Crippen molar-refractivity contribution < 1.29 is 0 Å². The van der Waals surface area contributed by atoms with E-state index in [9.17, 15) is 0 Å². The zero-order valence-electron chi connectivity index (χ0n) is 38.8. The quantitative estimate of drug-likeness (QED) is 0.0406. The third-order valence-electron chi connectivity index (χ3n) is 13.1. The smallest absolute Gasteiger partial charge is 0.0149 e. The lowest BCUT2D eigenvalue weighted by molar-refractivity contribution is 0.556. The standard InChI is InChI=1S/C60H82/c1-5-8-11-13-15-17-19-21-23-26-29-57-48-60(56-45-41-54(42-46-56)52-37-33-50(34-38-52)28-25-10-7-3)58(30-27-24-22-20-18-16-14-12-9-6-2)47-59(57)55-43-39-53(40-44-55)51-35-31-49(4)32-36-51/h31-48H,5-30H2,1-4H3. The minimum absolute atomic E-state index is 1.14. The molecule has 0 heterocycles. The second-order valence-corrected chi connectivity index (χ2v) is 18.2. The van der Waals surface area contributed by atoms with Crippen molar-refractivity contribution in [3.8, 4) is 44.5 Å². The summed E-state index contributed by atoms with van der Waals surface area (Å²) in [6, 6.07) is 42.6. The van der Waals surface area contributed by atoms with Gasteiger partial charge in [0.05, 0.1) is 0 Å². The van der Waals surface area contributed by atoms with Gasteiger partial charge in [-0.2, -0.15) is 0 Å². The van der Waals surface area contributed by atoms with Gasteiger partial charge in [-0.1, -0.05) is 264 Å². The fraction of sp³-hybridized carbons (Fsp3) is 0.500. The van der Waals surface area contributed by atoms with Gasteiger partial charge in [0, 0.05) is 0 Å². The van der Waals surface area contributed by atoms with Crippen molar-refractivity contribution >= 4 is 0 Å². The molecular weight excluding hydrogens is 721 g/mol. The first-order valence-electron chi connectivity index (χ1n) is 25.1. The highest BCUT2D eigenvalue weighted by Gasteiger charge is 2.15. The molecule has 0 heteroatoms. The van der Waals surface area contributed by atoms with Crippen LogP contribution in [0.5, 0.6) is 0 Å². The molecular formula is C60H82. The largest absolute Gasteiger partial charge is 0.0654 e. The highest BCUT2D eigenvalue weighted by atomic mass is 14.2. The number of hydrogen-bond acceptors (Lipinski definition) is 0. The molecule has 0 bridgehead atoms. The van der Waals surface area contributed by atoms with Crippen LogP contribution < -0.4 is 0 Å². The van der Waals surface area contributed by atoms with Crippen LogP contribution in [0.3, 0.4) is 0 Å². The zero-order valence-corrected chi connectivity index (χ0v) is 38.8. The van der Waals surface area contributed by atoms with Crippen molar-refractivity contribution in [3.63, 3.8) is 0 Å². The summed E-state index contributed by atoms with van der Waals surface area (Å²) in [5, 5.41) is 0. The molecule has 0 fully saturated rings. The fourth-order valence-corrected chi connectivity index (χ4v) is 9.12. The van der Waals surface area contributed by atoms with Gasteiger partial charge < -0.3 is 0 Å². The predicted molar refractivity (Wildman–Crippen MR) is 267 cm³/mol. The van der Waals surface area contributed by atoms with E-state index < -0.39 is 0 Å². The Labute approximate surface area is 369 Å². The Bertz CT molecular complexity index is 1860. The van der Waals surface area contributed by atoms with E-state index in [-0.39, 0.29) is 0 Å². The Morgan fingerprint density at radius 1 is 0.267 bits per heavy atom. The third-order valence-corrected chi connectivity index (χ3v) is 13.1. The monoisotopic (exact) mass is 803 g/mol. The lowest BCUT2D eigenvalue weighted by Crippen LogP contribution is -1.99. The summed E-state index contributed by atoms with van der Waals surface area (Å²) in [6.07, 6.45) is 34.7. The van der Waals surface area contributed by atoms with Gasteiger partial charge in [-0.3, -0.25) is 0 Å². The Morgan fingerprint density at radius 2 is 0.533 bits per heavy atom. The van der Waals surface area contributed by atoms with Crippen LogP contribution in [-0.2, 0) is 19.3 Å². The van der Waals surface area contributed by atoms with E-state index in [1.165, 1.54) is 221 Å². The average molecular weight is 803 g/mol. The van der Waals surface area contributed by atoms with Crippen molar-refractivity contribution in [1.29, 1.82) is 0 Å². The molecule has 0 saturated carbocycles. The van der Waals surface area contributed by atoms with E-state index in [0.29, 0.717) is 0 Å². The molecule has 5 rings (SSSR count). The minimum Gasteiger partial charge on any atom is -0.0654 e. The maximum absolute atomic E-state index is 2.61. The van der Waals surface area contributed by atoms with Crippen LogP contribution in [0, 0.1) is 6.92 Å². The molecule has 0 aliphatic carbocycles. The van der Waals surface area contributed by atoms with Crippen LogP contribution in [-0.4, -0.2) is 0 Å². The van der Waals surface area contributed by atoms with Gasteiger partial charge in [-0.15, -0.1) is 0 Å². The number of benzene rings is 5. The normalized spacial score (nSPS) is 11.4. The van der Waals surface area contributed by atoms with Gasteiger partial charge in [0.15, 0.2) is 0 Å². The topological polar surface area (TPSA) is 0 Å². The van der Waals surface area contributed by atoms with Crippen LogP contribution in [0.4, 0.5) is 0 Å². The lowest BCUT2D eigenvalue weighted by Gasteiger charge is -2.19. The highest BCUT2D eigenvalue weighted by Crippen LogP contribution is 2.37. The molecule has 0 saturated heterocycles. The molecule has 5 aromatic carbocycles. The molecule has 5 aromatic rings. The van der Waals surface area contributed by atoms with Crippen molar-refractivity contribution in [2.45, 2.75) is 195 Å². The first-order chi connectivity index (χ1) is 29.6. The maximum atomic E-state index is 2.61. The summed E-state index contributed by atoms with van der Waals surface area (Å²) in [5.41, 5.74) is 16.6. The SMILES string of the molecule is CCCCCCCCCCCCc1cc(-c2ccc(-c3ccc(CCCCC)cc3)cc2)c(CCCCCCCCCCCC)cc1-c1ccc(-c2ccc(C)cc2)cc1. The molecule has 0 aliphatic rings. The van der Waals surface area contributed by atoms with Gasteiger partial charge in [0.1, 0.15) is 0 Å². The Balaban J connectivity index is 1.38. The summed E-state index contributed by atoms with van der Waals surface area (Å²) in [4.78, 5) is 0.